The minimum Gasteiger partial charge on any atom is -0.478 e. The molecule has 1 N–H and O–H groups in total. The summed E-state index contributed by atoms with van der Waals surface area (Å²) in [6, 6.07) is 15.2. The van der Waals surface area contributed by atoms with Crippen LogP contribution in [0.4, 0.5) is 0 Å². The molecular formula is C16H12O4. The molecule has 0 amide bonds. The molecular weight excluding hydrogens is 256 g/mol. The Balaban J connectivity index is 2.10. The summed E-state index contributed by atoms with van der Waals surface area (Å²) in [6.45, 7) is 0. The van der Waals surface area contributed by atoms with Crippen LogP contribution in [0.1, 0.15) is 26.3 Å². The lowest BCUT2D eigenvalue weighted by atomic mass is 10.1. The highest BCUT2D eigenvalue weighted by Crippen LogP contribution is 2.11. The van der Waals surface area contributed by atoms with Crippen LogP contribution in [0.15, 0.2) is 60.9 Å². The number of esters is 1. The standard InChI is InChI=1S/C16H12O4/c17-15(18)13-8-4-5-9-14(13)16(19)20-11-10-12-6-2-1-3-7-12/h1-11H,(H,17,18). The fourth-order valence-electron chi connectivity index (χ4n) is 1.65. The molecule has 0 saturated heterocycles. The largest absolute Gasteiger partial charge is 0.478 e. The normalized spacial score (nSPS) is 10.4. The van der Waals surface area contributed by atoms with E-state index >= 15 is 0 Å². The van der Waals surface area contributed by atoms with Gasteiger partial charge in [0.1, 0.15) is 0 Å². The van der Waals surface area contributed by atoms with Gasteiger partial charge in [0.05, 0.1) is 17.4 Å². The highest BCUT2D eigenvalue weighted by atomic mass is 16.5. The second-order valence-corrected chi connectivity index (χ2v) is 3.97. The van der Waals surface area contributed by atoms with Gasteiger partial charge in [0, 0.05) is 0 Å². The number of carboxylic acid groups (broad SMARTS) is 1. The summed E-state index contributed by atoms with van der Waals surface area (Å²) >= 11 is 0. The van der Waals surface area contributed by atoms with E-state index in [1.54, 1.807) is 18.2 Å². The zero-order valence-corrected chi connectivity index (χ0v) is 10.5. The van der Waals surface area contributed by atoms with Crippen LogP contribution in [0.2, 0.25) is 0 Å². The molecule has 2 aromatic carbocycles. The van der Waals surface area contributed by atoms with Crippen LogP contribution in [-0.4, -0.2) is 17.0 Å². The number of carbonyl (C=O) groups is 2. The SMILES string of the molecule is O=C(O)c1ccccc1C(=O)OC=Cc1ccccc1. The molecule has 2 rings (SSSR count). The van der Waals surface area contributed by atoms with E-state index in [2.05, 4.69) is 0 Å². The van der Waals surface area contributed by atoms with Crippen molar-refractivity contribution in [1.29, 1.82) is 0 Å². The molecule has 20 heavy (non-hydrogen) atoms. The van der Waals surface area contributed by atoms with Gasteiger partial charge < -0.3 is 9.84 Å². The summed E-state index contributed by atoms with van der Waals surface area (Å²) in [4.78, 5) is 22.8. The molecule has 4 heteroatoms. The molecule has 4 nitrogen and oxygen atoms in total. The summed E-state index contributed by atoms with van der Waals surface area (Å²) < 4.78 is 4.94. The van der Waals surface area contributed by atoms with Crippen molar-refractivity contribution in [1.82, 2.24) is 0 Å². The van der Waals surface area contributed by atoms with Crippen LogP contribution >= 0.6 is 0 Å². The second-order valence-electron chi connectivity index (χ2n) is 3.97. The molecule has 0 spiro atoms. The van der Waals surface area contributed by atoms with Gasteiger partial charge >= 0.3 is 11.9 Å². The number of hydrogen-bond acceptors (Lipinski definition) is 3. The van der Waals surface area contributed by atoms with Crippen molar-refractivity contribution in [3.8, 4) is 0 Å². The fourth-order valence-corrected chi connectivity index (χ4v) is 1.65. The van der Waals surface area contributed by atoms with Crippen molar-refractivity contribution in [2.75, 3.05) is 0 Å². The molecule has 0 aliphatic heterocycles. The third-order valence-corrected chi connectivity index (χ3v) is 2.61. The maximum absolute atomic E-state index is 11.8. The van der Waals surface area contributed by atoms with Gasteiger partial charge in [-0.2, -0.15) is 0 Å². The minimum absolute atomic E-state index is 0.0257. The first-order chi connectivity index (χ1) is 9.68. The van der Waals surface area contributed by atoms with E-state index in [1.807, 2.05) is 30.3 Å². The number of hydrogen-bond donors (Lipinski definition) is 1. The second kappa shape index (κ2) is 6.33. The predicted molar refractivity (Wildman–Crippen MR) is 74.3 cm³/mol. The van der Waals surface area contributed by atoms with Crippen molar-refractivity contribution >= 4 is 18.0 Å². The van der Waals surface area contributed by atoms with Gasteiger partial charge in [-0.1, -0.05) is 42.5 Å². The van der Waals surface area contributed by atoms with Crippen molar-refractivity contribution in [2.45, 2.75) is 0 Å². The number of aromatic carboxylic acids is 1. The van der Waals surface area contributed by atoms with Crippen molar-refractivity contribution in [2.24, 2.45) is 0 Å². The molecule has 0 bridgehead atoms. The van der Waals surface area contributed by atoms with Crippen molar-refractivity contribution in [3.63, 3.8) is 0 Å². The van der Waals surface area contributed by atoms with Crippen LogP contribution < -0.4 is 0 Å². The summed E-state index contributed by atoms with van der Waals surface area (Å²) in [5.74, 6) is -1.86. The van der Waals surface area contributed by atoms with E-state index in [-0.39, 0.29) is 11.1 Å². The Labute approximate surface area is 115 Å². The number of rotatable bonds is 4. The van der Waals surface area contributed by atoms with Gasteiger partial charge in [-0.25, -0.2) is 9.59 Å². The number of carbonyl (C=O) groups excluding carboxylic acids is 1. The fraction of sp³-hybridized carbons (Fsp3) is 0. The van der Waals surface area contributed by atoms with Gasteiger partial charge in [-0.05, 0) is 23.8 Å². The highest BCUT2D eigenvalue weighted by molar-refractivity contribution is 6.02. The third-order valence-electron chi connectivity index (χ3n) is 2.61. The molecule has 0 heterocycles. The molecule has 0 aliphatic rings. The Kier molecular flexibility index (Phi) is 4.29. The molecule has 0 aliphatic carbocycles. The van der Waals surface area contributed by atoms with Crippen molar-refractivity contribution in [3.05, 3.63) is 77.5 Å². The molecule has 0 aromatic heterocycles. The lowest BCUT2D eigenvalue weighted by molar-refractivity contribution is 0.0633. The zero-order chi connectivity index (χ0) is 14.4. The first-order valence-corrected chi connectivity index (χ1v) is 5.93. The quantitative estimate of drug-likeness (QED) is 0.683. The van der Waals surface area contributed by atoms with E-state index in [9.17, 15) is 9.59 Å². The summed E-state index contributed by atoms with van der Waals surface area (Å²) in [5, 5.41) is 8.99. The topological polar surface area (TPSA) is 63.6 Å². The summed E-state index contributed by atoms with van der Waals surface area (Å²) in [7, 11) is 0. The number of benzene rings is 2. The molecule has 0 fully saturated rings. The first-order valence-electron chi connectivity index (χ1n) is 5.93. The Hall–Kier alpha value is -2.88. The number of carboxylic acids is 1. The van der Waals surface area contributed by atoms with Crippen molar-refractivity contribution < 1.29 is 19.4 Å². The average Bonchev–Trinajstić information content (AvgIpc) is 2.48. The maximum Gasteiger partial charge on any atom is 0.343 e. The van der Waals surface area contributed by atoms with Gasteiger partial charge in [0.25, 0.3) is 0 Å². The van der Waals surface area contributed by atoms with Crippen LogP contribution in [0.3, 0.4) is 0 Å². The van der Waals surface area contributed by atoms with E-state index in [4.69, 9.17) is 9.84 Å². The average molecular weight is 268 g/mol. The maximum atomic E-state index is 11.8. The molecule has 0 unspecified atom stereocenters. The smallest absolute Gasteiger partial charge is 0.343 e. The van der Waals surface area contributed by atoms with Crippen LogP contribution in [0.5, 0.6) is 0 Å². The van der Waals surface area contributed by atoms with Gasteiger partial charge in [-0.3, -0.25) is 0 Å². The zero-order valence-electron chi connectivity index (χ0n) is 10.5. The highest BCUT2D eigenvalue weighted by Gasteiger charge is 2.16. The minimum atomic E-state index is -1.16. The lowest BCUT2D eigenvalue weighted by Gasteiger charge is -2.03. The monoisotopic (exact) mass is 268 g/mol. The van der Waals surface area contributed by atoms with Crippen LogP contribution in [0, 0.1) is 0 Å². The Morgan fingerprint density at radius 3 is 2.15 bits per heavy atom. The Morgan fingerprint density at radius 1 is 0.900 bits per heavy atom. The molecule has 0 saturated carbocycles. The molecule has 0 atom stereocenters. The van der Waals surface area contributed by atoms with Gasteiger partial charge in [-0.15, -0.1) is 0 Å². The van der Waals surface area contributed by atoms with Gasteiger partial charge in [0.15, 0.2) is 0 Å². The van der Waals surface area contributed by atoms with E-state index in [0.29, 0.717) is 0 Å². The summed E-state index contributed by atoms with van der Waals surface area (Å²) in [6.07, 6.45) is 2.87. The first kappa shape index (κ1) is 13.5. The Morgan fingerprint density at radius 2 is 1.50 bits per heavy atom. The summed E-state index contributed by atoms with van der Waals surface area (Å²) in [5.41, 5.74) is 0.829. The molecule has 2 aromatic rings. The van der Waals surface area contributed by atoms with Gasteiger partial charge in [0.2, 0.25) is 0 Å². The molecule has 100 valence electrons. The predicted octanol–water partition coefficient (Wildman–Crippen LogP) is 3.21. The lowest BCUT2D eigenvalue weighted by Crippen LogP contribution is -2.09. The van der Waals surface area contributed by atoms with Crippen LogP contribution in [-0.2, 0) is 4.74 Å². The molecule has 0 radical (unpaired) electrons. The van der Waals surface area contributed by atoms with Crippen LogP contribution in [0.25, 0.3) is 6.08 Å². The third kappa shape index (κ3) is 3.32. The van der Waals surface area contributed by atoms with E-state index in [1.165, 1.54) is 18.4 Å². The Bertz CT molecular complexity index is 645. The number of ether oxygens (including phenoxy) is 1. The van der Waals surface area contributed by atoms with E-state index < -0.39 is 11.9 Å². The van der Waals surface area contributed by atoms with E-state index in [0.717, 1.165) is 5.56 Å².